The maximum Gasteiger partial charge on any atom is 0.338 e. The minimum atomic E-state index is -0.748. The number of halogens is 1. The zero-order valence-electron chi connectivity index (χ0n) is 18.0. The monoisotopic (exact) mass is 498 g/mol. The molecule has 8 heteroatoms. The number of esters is 1. The van der Waals surface area contributed by atoms with E-state index in [4.69, 9.17) is 24.7 Å². The molecule has 0 spiro atoms. The lowest BCUT2D eigenvalue weighted by Crippen LogP contribution is -2.25. The number of methoxy groups -OCH3 is 1. The van der Waals surface area contributed by atoms with E-state index >= 15 is 0 Å². The molecule has 0 fully saturated rings. The van der Waals surface area contributed by atoms with E-state index in [1.807, 2.05) is 24.3 Å². The predicted molar refractivity (Wildman–Crippen MR) is 121 cm³/mol. The molecule has 2 aromatic rings. The van der Waals surface area contributed by atoms with Gasteiger partial charge in [0.05, 0.1) is 25.2 Å². The second-order valence-corrected chi connectivity index (χ2v) is 7.86. The summed E-state index contributed by atoms with van der Waals surface area (Å²) in [5.41, 5.74) is 7.93. The first-order valence-corrected chi connectivity index (χ1v) is 10.7. The zero-order chi connectivity index (χ0) is 23.3. The molecule has 7 nitrogen and oxygen atoms in total. The van der Waals surface area contributed by atoms with Crippen molar-refractivity contribution in [2.45, 2.75) is 26.4 Å². The SMILES string of the molecule is CCOC(=O)C1=C(C)OC(N)=C(C#N)[C@H]1c1ccc(OCc2ccc(Br)cc2)c(OC)c1. The van der Waals surface area contributed by atoms with Gasteiger partial charge in [-0.25, -0.2) is 4.79 Å². The number of nitrogens with zero attached hydrogens (tertiary/aromatic N) is 1. The van der Waals surface area contributed by atoms with E-state index in [9.17, 15) is 10.1 Å². The Labute approximate surface area is 195 Å². The van der Waals surface area contributed by atoms with E-state index < -0.39 is 11.9 Å². The molecular weight excluding hydrogens is 476 g/mol. The molecule has 0 radical (unpaired) electrons. The van der Waals surface area contributed by atoms with E-state index in [0.29, 0.717) is 29.4 Å². The largest absolute Gasteiger partial charge is 0.493 e. The highest BCUT2D eigenvalue weighted by molar-refractivity contribution is 9.10. The number of allylic oxidation sites excluding steroid dienone is 2. The molecule has 0 aromatic heterocycles. The number of nitrogens with two attached hydrogens (primary N) is 1. The first-order chi connectivity index (χ1) is 15.4. The highest BCUT2D eigenvalue weighted by Gasteiger charge is 2.36. The Bertz CT molecular complexity index is 1120. The average molecular weight is 499 g/mol. The van der Waals surface area contributed by atoms with Crippen molar-refractivity contribution >= 4 is 21.9 Å². The van der Waals surface area contributed by atoms with E-state index in [1.165, 1.54) is 7.11 Å². The van der Waals surface area contributed by atoms with Crippen molar-refractivity contribution in [2.75, 3.05) is 13.7 Å². The van der Waals surface area contributed by atoms with Crippen molar-refractivity contribution in [3.05, 3.63) is 80.9 Å². The third-order valence-corrected chi connectivity index (χ3v) is 5.46. The van der Waals surface area contributed by atoms with Crippen molar-refractivity contribution in [1.82, 2.24) is 0 Å². The Morgan fingerprint density at radius 3 is 2.56 bits per heavy atom. The number of benzene rings is 2. The number of carbonyl (C=O) groups excluding carboxylic acids is 1. The molecule has 0 aliphatic carbocycles. The van der Waals surface area contributed by atoms with Crippen LogP contribution in [0.5, 0.6) is 11.5 Å². The normalized spacial score (nSPS) is 15.7. The summed E-state index contributed by atoms with van der Waals surface area (Å²) < 4.78 is 23.1. The number of nitriles is 1. The van der Waals surface area contributed by atoms with Crippen molar-refractivity contribution in [1.29, 1.82) is 5.26 Å². The van der Waals surface area contributed by atoms with Gasteiger partial charge in [-0.3, -0.25) is 0 Å². The van der Waals surface area contributed by atoms with Crippen LogP contribution in [0.25, 0.3) is 0 Å². The number of rotatable bonds is 7. The molecule has 0 amide bonds. The fraction of sp³-hybridized carbons (Fsp3) is 0.250. The maximum atomic E-state index is 12.7. The Kier molecular flexibility index (Phi) is 7.44. The quantitative estimate of drug-likeness (QED) is 0.552. The first kappa shape index (κ1) is 23.2. The topological polar surface area (TPSA) is 104 Å². The summed E-state index contributed by atoms with van der Waals surface area (Å²) in [5, 5.41) is 9.72. The van der Waals surface area contributed by atoms with Gasteiger partial charge < -0.3 is 24.7 Å². The number of ether oxygens (including phenoxy) is 4. The second-order valence-electron chi connectivity index (χ2n) is 6.94. The minimum absolute atomic E-state index is 0.0439. The summed E-state index contributed by atoms with van der Waals surface area (Å²) >= 11 is 3.41. The molecule has 166 valence electrons. The molecule has 0 saturated heterocycles. The first-order valence-electron chi connectivity index (χ1n) is 9.90. The molecule has 0 saturated carbocycles. The fourth-order valence-electron chi connectivity index (χ4n) is 3.41. The van der Waals surface area contributed by atoms with Gasteiger partial charge in [-0.05, 0) is 49.2 Å². The molecule has 1 atom stereocenters. The Hall–Kier alpha value is -3.44. The minimum Gasteiger partial charge on any atom is -0.493 e. The second kappa shape index (κ2) is 10.2. The standard InChI is InChI=1S/C24H23BrN2O5/c1-4-30-24(28)21-14(2)32-23(27)18(12-26)22(21)16-7-10-19(20(11-16)29-3)31-13-15-5-8-17(25)9-6-15/h5-11,22H,4,13,27H2,1-3H3/t22-/m1/s1. The smallest absolute Gasteiger partial charge is 0.338 e. The van der Waals surface area contributed by atoms with Gasteiger partial charge in [0, 0.05) is 4.47 Å². The van der Waals surface area contributed by atoms with E-state index in [2.05, 4.69) is 22.0 Å². The predicted octanol–water partition coefficient (Wildman–Crippen LogP) is 4.68. The Morgan fingerprint density at radius 2 is 1.94 bits per heavy atom. The summed E-state index contributed by atoms with van der Waals surface area (Å²) in [6.07, 6.45) is 0. The van der Waals surface area contributed by atoms with Crippen LogP contribution in [-0.2, 0) is 20.9 Å². The number of carbonyl (C=O) groups is 1. The lowest BCUT2D eigenvalue weighted by molar-refractivity contribution is -0.139. The third-order valence-electron chi connectivity index (χ3n) is 4.93. The van der Waals surface area contributed by atoms with Crippen molar-refractivity contribution in [3.63, 3.8) is 0 Å². The van der Waals surface area contributed by atoms with Crippen LogP contribution in [0, 0.1) is 11.3 Å². The molecule has 0 unspecified atom stereocenters. The molecule has 32 heavy (non-hydrogen) atoms. The number of hydrogen-bond donors (Lipinski definition) is 1. The average Bonchev–Trinajstić information content (AvgIpc) is 2.78. The highest BCUT2D eigenvalue weighted by Crippen LogP contribution is 2.42. The zero-order valence-corrected chi connectivity index (χ0v) is 19.6. The van der Waals surface area contributed by atoms with Crippen molar-refractivity contribution in [3.8, 4) is 17.6 Å². The van der Waals surface area contributed by atoms with E-state index in [0.717, 1.165) is 10.0 Å². The molecule has 2 N–H and O–H groups in total. The van der Waals surface area contributed by atoms with E-state index in [-0.39, 0.29) is 23.6 Å². The molecule has 1 aliphatic rings. The highest BCUT2D eigenvalue weighted by atomic mass is 79.9. The molecule has 2 aromatic carbocycles. The maximum absolute atomic E-state index is 12.7. The number of hydrogen-bond acceptors (Lipinski definition) is 7. The van der Waals surface area contributed by atoms with Gasteiger partial charge in [0.1, 0.15) is 24.0 Å². The van der Waals surface area contributed by atoms with Gasteiger partial charge in [-0.2, -0.15) is 5.26 Å². The van der Waals surface area contributed by atoms with Gasteiger partial charge in [-0.1, -0.05) is 34.1 Å². The lowest BCUT2D eigenvalue weighted by Gasteiger charge is -2.27. The fourth-order valence-corrected chi connectivity index (χ4v) is 3.68. The summed E-state index contributed by atoms with van der Waals surface area (Å²) in [6.45, 7) is 3.87. The lowest BCUT2D eigenvalue weighted by atomic mass is 9.83. The Morgan fingerprint density at radius 1 is 1.22 bits per heavy atom. The van der Waals surface area contributed by atoms with Crippen LogP contribution in [0.4, 0.5) is 0 Å². The van der Waals surface area contributed by atoms with Crippen LogP contribution in [0.1, 0.15) is 30.9 Å². The Balaban J connectivity index is 1.97. The van der Waals surface area contributed by atoms with Gasteiger partial charge in [0.2, 0.25) is 5.88 Å². The van der Waals surface area contributed by atoms with Gasteiger partial charge in [0.25, 0.3) is 0 Å². The summed E-state index contributed by atoms with van der Waals surface area (Å²) in [6, 6.07) is 15.1. The van der Waals surface area contributed by atoms with Crippen LogP contribution in [0.15, 0.2) is 69.7 Å². The van der Waals surface area contributed by atoms with Crippen LogP contribution in [0.3, 0.4) is 0 Å². The van der Waals surface area contributed by atoms with Crippen molar-refractivity contribution in [2.24, 2.45) is 5.73 Å². The summed E-state index contributed by atoms with van der Waals surface area (Å²) in [7, 11) is 1.53. The summed E-state index contributed by atoms with van der Waals surface area (Å²) in [5.74, 6) is -0.0769. The molecule has 1 aliphatic heterocycles. The van der Waals surface area contributed by atoms with Crippen LogP contribution in [-0.4, -0.2) is 19.7 Å². The molecule has 1 heterocycles. The van der Waals surface area contributed by atoms with E-state index in [1.54, 1.807) is 32.0 Å². The molecule has 3 rings (SSSR count). The van der Waals surface area contributed by atoms with Gasteiger partial charge >= 0.3 is 5.97 Å². The molecule has 0 bridgehead atoms. The third kappa shape index (κ3) is 4.89. The van der Waals surface area contributed by atoms with Crippen LogP contribution < -0.4 is 15.2 Å². The van der Waals surface area contributed by atoms with Gasteiger partial charge in [-0.15, -0.1) is 0 Å². The molecular formula is C24H23BrN2O5. The summed E-state index contributed by atoms with van der Waals surface area (Å²) in [4.78, 5) is 12.7. The van der Waals surface area contributed by atoms with Crippen LogP contribution >= 0.6 is 15.9 Å². The van der Waals surface area contributed by atoms with Gasteiger partial charge in [0.15, 0.2) is 11.5 Å². The van der Waals surface area contributed by atoms with Crippen molar-refractivity contribution < 1.29 is 23.7 Å². The van der Waals surface area contributed by atoms with Crippen LogP contribution in [0.2, 0.25) is 0 Å².